The van der Waals surface area contributed by atoms with Gasteiger partial charge in [-0.2, -0.15) is 0 Å². The molecule has 2 saturated carbocycles. The molecule has 24 heavy (non-hydrogen) atoms. The SMILES string of the molecule is C.COc1ccc(CCC2CCC(C3CCC(C)CC3)CC2)cc1. The minimum Gasteiger partial charge on any atom is -0.497 e. The molecule has 136 valence electrons. The number of hydrogen-bond acceptors (Lipinski definition) is 1. The molecule has 0 unspecified atom stereocenters. The first kappa shape index (κ1) is 19.3. The number of rotatable bonds is 5. The summed E-state index contributed by atoms with van der Waals surface area (Å²) >= 11 is 0. The molecule has 2 fully saturated rings. The monoisotopic (exact) mass is 330 g/mol. The van der Waals surface area contributed by atoms with Gasteiger partial charge in [0.2, 0.25) is 0 Å². The molecule has 0 aliphatic heterocycles. The lowest BCUT2D eigenvalue weighted by molar-refractivity contribution is 0.148. The molecule has 1 nitrogen and oxygen atoms in total. The number of ether oxygens (including phenoxy) is 1. The lowest BCUT2D eigenvalue weighted by Gasteiger charge is -2.37. The third-order valence-electron chi connectivity index (χ3n) is 6.62. The predicted molar refractivity (Wildman–Crippen MR) is 105 cm³/mol. The maximum absolute atomic E-state index is 5.24. The first-order valence-corrected chi connectivity index (χ1v) is 9.87. The van der Waals surface area contributed by atoms with E-state index in [1.54, 1.807) is 7.11 Å². The van der Waals surface area contributed by atoms with Crippen molar-refractivity contribution in [1.82, 2.24) is 0 Å². The van der Waals surface area contributed by atoms with Crippen molar-refractivity contribution in [3.05, 3.63) is 29.8 Å². The highest BCUT2D eigenvalue weighted by Gasteiger charge is 2.29. The van der Waals surface area contributed by atoms with Crippen molar-refractivity contribution >= 4 is 0 Å². The number of hydrogen-bond donors (Lipinski definition) is 0. The number of aryl methyl sites for hydroxylation is 1. The minimum atomic E-state index is 0. The summed E-state index contributed by atoms with van der Waals surface area (Å²) in [5, 5.41) is 0. The van der Waals surface area contributed by atoms with Gasteiger partial charge in [-0.05, 0) is 79.9 Å². The molecule has 3 rings (SSSR count). The van der Waals surface area contributed by atoms with E-state index in [1.807, 2.05) is 0 Å². The largest absolute Gasteiger partial charge is 0.497 e. The molecule has 0 spiro atoms. The number of methoxy groups -OCH3 is 1. The minimum absolute atomic E-state index is 0. The van der Waals surface area contributed by atoms with Gasteiger partial charge in [0, 0.05) is 0 Å². The highest BCUT2D eigenvalue weighted by molar-refractivity contribution is 5.27. The standard InChI is InChI=1S/C22H34O.CH4/c1-17-3-11-20(12-4-17)21-13-7-18(8-14-21)5-6-19-9-15-22(23-2)16-10-19;/h9-10,15-18,20-21H,3-8,11-14H2,1-2H3;1H4. The molecule has 2 aliphatic carbocycles. The van der Waals surface area contributed by atoms with Crippen LogP contribution in [-0.2, 0) is 6.42 Å². The van der Waals surface area contributed by atoms with Gasteiger partial charge in [0.25, 0.3) is 0 Å². The molecule has 1 aromatic rings. The normalized spacial score (nSPS) is 30.4. The van der Waals surface area contributed by atoms with E-state index in [-0.39, 0.29) is 7.43 Å². The summed E-state index contributed by atoms with van der Waals surface area (Å²) in [4.78, 5) is 0. The van der Waals surface area contributed by atoms with Crippen LogP contribution in [0.25, 0.3) is 0 Å². The van der Waals surface area contributed by atoms with E-state index in [4.69, 9.17) is 4.74 Å². The van der Waals surface area contributed by atoms with Gasteiger partial charge in [-0.15, -0.1) is 0 Å². The van der Waals surface area contributed by atoms with Crippen LogP contribution in [0.2, 0.25) is 0 Å². The van der Waals surface area contributed by atoms with E-state index in [2.05, 4.69) is 31.2 Å². The van der Waals surface area contributed by atoms with Gasteiger partial charge in [0.1, 0.15) is 5.75 Å². The highest BCUT2D eigenvalue weighted by atomic mass is 16.5. The fourth-order valence-corrected chi connectivity index (χ4v) is 4.87. The molecule has 2 aliphatic rings. The van der Waals surface area contributed by atoms with Crippen LogP contribution in [0, 0.1) is 23.7 Å². The lowest BCUT2D eigenvalue weighted by atomic mass is 9.69. The Balaban J connectivity index is 0.00000208. The van der Waals surface area contributed by atoms with Gasteiger partial charge in [-0.1, -0.05) is 52.2 Å². The Morgan fingerprint density at radius 1 is 0.833 bits per heavy atom. The Morgan fingerprint density at radius 2 is 1.38 bits per heavy atom. The van der Waals surface area contributed by atoms with Crippen LogP contribution < -0.4 is 4.74 Å². The second-order valence-electron chi connectivity index (χ2n) is 8.19. The summed E-state index contributed by atoms with van der Waals surface area (Å²) in [6.07, 6.45) is 14.6. The third-order valence-corrected chi connectivity index (χ3v) is 6.62. The van der Waals surface area contributed by atoms with Gasteiger partial charge in [-0.25, -0.2) is 0 Å². The Labute approximate surface area is 150 Å². The van der Waals surface area contributed by atoms with Gasteiger partial charge in [0.15, 0.2) is 0 Å². The van der Waals surface area contributed by atoms with Crippen molar-refractivity contribution in [2.45, 2.75) is 78.6 Å². The summed E-state index contributed by atoms with van der Waals surface area (Å²) in [6, 6.07) is 8.65. The fourth-order valence-electron chi connectivity index (χ4n) is 4.87. The maximum Gasteiger partial charge on any atom is 0.118 e. The van der Waals surface area contributed by atoms with Crippen LogP contribution in [0.3, 0.4) is 0 Å². The average molecular weight is 331 g/mol. The smallest absolute Gasteiger partial charge is 0.118 e. The Bertz CT molecular complexity index is 447. The van der Waals surface area contributed by atoms with Gasteiger partial charge < -0.3 is 4.74 Å². The van der Waals surface area contributed by atoms with Crippen molar-refractivity contribution in [3.63, 3.8) is 0 Å². The second kappa shape index (κ2) is 9.49. The summed E-state index contributed by atoms with van der Waals surface area (Å²) in [7, 11) is 1.74. The zero-order valence-corrected chi connectivity index (χ0v) is 15.1. The molecular weight excluding hydrogens is 292 g/mol. The lowest BCUT2D eigenvalue weighted by Crippen LogP contribution is -2.25. The molecule has 0 saturated heterocycles. The van der Waals surface area contributed by atoms with Crippen LogP contribution in [0.15, 0.2) is 24.3 Å². The molecule has 0 aromatic heterocycles. The number of benzene rings is 1. The van der Waals surface area contributed by atoms with E-state index in [0.29, 0.717) is 0 Å². The van der Waals surface area contributed by atoms with E-state index >= 15 is 0 Å². The molecule has 0 N–H and O–H groups in total. The molecule has 0 amide bonds. The predicted octanol–water partition coefficient (Wildman–Crippen LogP) is 6.90. The van der Waals surface area contributed by atoms with Gasteiger partial charge in [0.05, 0.1) is 7.11 Å². The molecule has 0 bridgehead atoms. The van der Waals surface area contributed by atoms with Crippen molar-refractivity contribution < 1.29 is 4.74 Å². The van der Waals surface area contributed by atoms with Gasteiger partial charge in [-0.3, -0.25) is 0 Å². The quantitative estimate of drug-likeness (QED) is 0.570. The molecule has 0 radical (unpaired) electrons. The van der Waals surface area contributed by atoms with Crippen molar-refractivity contribution in [2.24, 2.45) is 23.7 Å². The first-order chi connectivity index (χ1) is 11.2. The summed E-state index contributed by atoms with van der Waals surface area (Å²) in [5.74, 6) is 5.05. The average Bonchev–Trinajstić information content (AvgIpc) is 2.61. The third kappa shape index (κ3) is 5.26. The van der Waals surface area contributed by atoms with Crippen LogP contribution in [-0.4, -0.2) is 7.11 Å². The topological polar surface area (TPSA) is 9.23 Å². The summed E-state index contributed by atoms with van der Waals surface area (Å²) < 4.78 is 5.24. The zero-order valence-electron chi connectivity index (χ0n) is 15.1. The van der Waals surface area contributed by atoms with Crippen LogP contribution in [0.4, 0.5) is 0 Å². The molecule has 1 aromatic carbocycles. The maximum atomic E-state index is 5.24. The molecular formula is C23H38O. The Hall–Kier alpha value is -0.980. The van der Waals surface area contributed by atoms with Crippen LogP contribution >= 0.6 is 0 Å². The second-order valence-corrected chi connectivity index (χ2v) is 8.19. The molecule has 1 heteroatoms. The highest BCUT2D eigenvalue weighted by Crippen LogP contribution is 2.42. The Kier molecular flexibility index (Phi) is 7.65. The summed E-state index contributed by atoms with van der Waals surface area (Å²) in [5.41, 5.74) is 1.47. The fraction of sp³-hybridized carbons (Fsp3) is 0.739. The summed E-state index contributed by atoms with van der Waals surface area (Å²) in [6.45, 7) is 2.44. The van der Waals surface area contributed by atoms with Crippen molar-refractivity contribution in [2.75, 3.05) is 7.11 Å². The van der Waals surface area contributed by atoms with E-state index in [0.717, 1.165) is 29.4 Å². The van der Waals surface area contributed by atoms with E-state index in [9.17, 15) is 0 Å². The van der Waals surface area contributed by atoms with Gasteiger partial charge >= 0.3 is 0 Å². The first-order valence-electron chi connectivity index (χ1n) is 9.87. The molecule has 0 atom stereocenters. The van der Waals surface area contributed by atoms with Crippen molar-refractivity contribution in [3.8, 4) is 5.75 Å². The zero-order chi connectivity index (χ0) is 16.1. The van der Waals surface area contributed by atoms with Crippen molar-refractivity contribution in [1.29, 1.82) is 0 Å². The van der Waals surface area contributed by atoms with Crippen LogP contribution in [0.1, 0.15) is 77.7 Å². The molecule has 0 heterocycles. The Morgan fingerprint density at radius 3 is 1.92 bits per heavy atom. The van der Waals surface area contributed by atoms with E-state index < -0.39 is 0 Å². The van der Waals surface area contributed by atoms with Crippen LogP contribution in [0.5, 0.6) is 5.75 Å². The van der Waals surface area contributed by atoms with E-state index in [1.165, 1.54) is 69.8 Å².